The molecular formula is C30H35N3O3. The van der Waals surface area contributed by atoms with E-state index in [2.05, 4.69) is 10.2 Å². The molecule has 4 rings (SSSR count). The zero-order valence-electron chi connectivity index (χ0n) is 21.2. The largest absolute Gasteiger partial charge is 0.497 e. The van der Waals surface area contributed by atoms with E-state index in [1.165, 1.54) is 18.4 Å². The molecule has 1 N–H and O–H groups in total. The maximum absolute atomic E-state index is 13.7. The van der Waals surface area contributed by atoms with Gasteiger partial charge in [0.1, 0.15) is 5.75 Å². The number of amides is 2. The average molecular weight is 486 g/mol. The minimum Gasteiger partial charge on any atom is -0.497 e. The standard InChI is InChI=1S/C30H35N3O3/c1-23-11-13-24(14-12-23)22-33(30(35)26-8-6-10-28(21-26)36-2)27-9-5-7-25(19-27)20-29(34)31-15-18-32-16-3-4-17-32/h5-14,19,21H,3-4,15-18,20,22H2,1-2H3,(H,31,34). The molecule has 0 unspecified atom stereocenters. The predicted octanol–water partition coefficient (Wildman–Crippen LogP) is 4.61. The Morgan fingerprint density at radius 2 is 1.69 bits per heavy atom. The first-order valence-corrected chi connectivity index (χ1v) is 12.6. The van der Waals surface area contributed by atoms with Crippen LogP contribution in [-0.4, -0.2) is 50.0 Å². The second kappa shape index (κ2) is 12.4. The van der Waals surface area contributed by atoms with Crippen LogP contribution in [0, 0.1) is 6.92 Å². The smallest absolute Gasteiger partial charge is 0.258 e. The van der Waals surface area contributed by atoms with Crippen molar-refractivity contribution in [1.82, 2.24) is 10.2 Å². The number of carbonyl (C=O) groups is 2. The summed E-state index contributed by atoms with van der Waals surface area (Å²) in [6.45, 7) is 6.26. The van der Waals surface area contributed by atoms with Crippen LogP contribution in [-0.2, 0) is 17.8 Å². The number of ether oxygens (including phenoxy) is 1. The second-order valence-corrected chi connectivity index (χ2v) is 9.35. The van der Waals surface area contributed by atoms with E-state index in [1.54, 1.807) is 24.1 Å². The number of carbonyl (C=O) groups excluding carboxylic acids is 2. The molecule has 6 nitrogen and oxygen atoms in total. The molecular weight excluding hydrogens is 450 g/mol. The second-order valence-electron chi connectivity index (χ2n) is 9.35. The number of rotatable bonds is 10. The summed E-state index contributed by atoms with van der Waals surface area (Å²) in [4.78, 5) is 30.4. The van der Waals surface area contributed by atoms with Crippen LogP contribution in [0.4, 0.5) is 5.69 Å². The van der Waals surface area contributed by atoms with E-state index in [0.717, 1.165) is 36.4 Å². The van der Waals surface area contributed by atoms with Gasteiger partial charge >= 0.3 is 0 Å². The lowest BCUT2D eigenvalue weighted by Gasteiger charge is -2.24. The van der Waals surface area contributed by atoms with Crippen molar-refractivity contribution in [2.24, 2.45) is 0 Å². The first-order chi connectivity index (χ1) is 17.5. The quantitative estimate of drug-likeness (QED) is 0.456. The Bertz CT molecular complexity index is 1170. The third-order valence-corrected chi connectivity index (χ3v) is 6.56. The fourth-order valence-electron chi connectivity index (χ4n) is 4.51. The van der Waals surface area contributed by atoms with Crippen molar-refractivity contribution in [2.45, 2.75) is 32.7 Å². The number of aryl methyl sites for hydroxylation is 1. The van der Waals surface area contributed by atoms with Crippen LogP contribution in [0.1, 0.15) is 39.9 Å². The monoisotopic (exact) mass is 485 g/mol. The Morgan fingerprint density at radius 1 is 0.944 bits per heavy atom. The van der Waals surface area contributed by atoms with Crippen molar-refractivity contribution < 1.29 is 14.3 Å². The average Bonchev–Trinajstić information content (AvgIpc) is 3.42. The molecule has 0 spiro atoms. The number of methoxy groups -OCH3 is 1. The molecule has 2 amide bonds. The zero-order valence-corrected chi connectivity index (χ0v) is 21.2. The Labute approximate surface area is 213 Å². The van der Waals surface area contributed by atoms with Crippen molar-refractivity contribution in [3.05, 3.63) is 95.1 Å². The normalized spacial score (nSPS) is 13.4. The number of benzene rings is 3. The molecule has 0 saturated carbocycles. The maximum atomic E-state index is 13.7. The fraction of sp³-hybridized carbons (Fsp3) is 0.333. The molecule has 36 heavy (non-hydrogen) atoms. The van der Waals surface area contributed by atoms with E-state index in [-0.39, 0.29) is 18.2 Å². The van der Waals surface area contributed by atoms with Gasteiger partial charge in [0.25, 0.3) is 5.91 Å². The summed E-state index contributed by atoms with van der Waals surface area (Å²) in [5.74, 6) is 0.507. The molecule has 1 fully saturated rings. The topological polar surface area (TPSA) is 61.9 Å². The van der Waals surface area contributed by atoms with Crippen LogP contribution in [0.25, 0.3) is 0 Å². The van der Waals surface area contributed by atoms with Gasteiger partial charge in [-0.3, -0.25) is 9.59 Å². The molecule has 0 aliphatic carbocycles. The number of hydrogen-bond acceptors (Lipinski definition) is 4. The Kier molecular flexibility index (Phi) is 8.74. The van der Waals surface area contributed by atoms with Crippen LogP contribution >= 0.6 is 0 Å². The molecule has 0 aromatic heterocycles. The number of hydrogen-bond donors (Lipinski definition) is 1. The van der Waals surface area contributed by atoms with Gasteiger partial charge in [0, 0.05) is 24.3 Å². The van der Waals surface area contributed by atoms with Crippen LogP contribution in [0.5, 0.6) is 5.75 Å². The minimum atomic E-state index is -0.123. The molecule has 1 aliphatic rings. The van der Waals surface area contributed by atoms with Gasteiger partial charge in [0.05, 0.1) is 20.1 Å². The van der Waals surface area contributed by atoms with Crippen LogP contribution in [0.3, 0.4) is 0 Å². The summed E-state index contributed by atoms with van der Waals surface area (Å²) in [6.07, 6.45) is 2.77. The highest BCUT2D eigenvalue weighted by Gasteiger charge is 2.20. The number of nitrogens with zero attached hydrogens (tertiary/aromatic N) is 2. The summed E-state index contributed by atoms with van der Waals surface area (Å²) in [6, 6.07) is 23.1. The number of likely N-dealkylation sites (tertiary alicyclic amines) is 1. The molecule has 3 aromatic carbocycles. The fourth-order valence-corrected chi connectivity index (χ4v) is 4.51. The van der Waals surface area contributed by atoms with Gasteiger partial charge in [-0.2, -0.15) is 0 Å². The van der Waals surface area contributed by atoms with Gasteiger partial charge < -0.3 is 19.9 Å². The van der Waals surface area contributed by atoms with Gasteiger partial charge in [0.2, 0.25) is 5.91 Å². The van der Waals surface area contributed by atoms with Gasteiger partial charge in [-0.1, -0.05) is 48.0 Å². The third-order valence-electron chi connectivity index (χ3n) is 6.56. The molecule has 188 valence electrons. The van der Waals surface area contributed by atoms with E-state index in [9.17, 15) is 9.59 Å². The summed E-state index contributed by atoms with van der Waals surface area (Å²) in [5, 5.41) is 3.04. The third kappa shape index (κ3) is 6.95. The molecule has 0 atom stereocenters. The highest BCUT2D eigenvalue weighted by molar-refractivity contribution is 6.06. The van der Waals surface area contributed by atoms with Gasteiger partial charge in [-0.25, -0.2) is 0 Å². The molecule has 1 heterocycles. The lowest BCUT2D eigenvalue weighted by molar-refractivity contribution is -0.120. The Morgan fingerprint density at radius 3 is 2.44 bits per heavy atom. The van der Waals surface area contributed by atoms with E-state index in [4.69, 9.17) is 4.74 Å². The lowest BCUT2D eigenvalue weighted by Crippen LogP contribution is -2.34. The van der Waals surface area contributed by atoms with E-state index in [1.807, 2.05) is 67.6 Å². The molecule has 0 radical (unpaired) electrons. The maximum Gasteiger partial charge on any atom is 0.258 e. The van der Waals surface area contributed by atoms with Crippen molar-refractivity contribution >= 4 is 17.5 Å². The van der Waals surface area contributed by atoms with Crippen LogP contribution in [0.15, 0.2) is 72.8 Å². The summed E-state index contributed by atoms with van der Waals surface area (Å²) in [7, 11) is 1.59. The van der Waals surface area contributed by atoms with E-state index < -0.39 is 0 Å². The van der Waals surface area contributed by atoms with Gasteiger partial charge in [-0.05, 0) is 74.3 Å². The zero-order chi connectivity index (χ0) is 25.3. The van der Waals surface area contributed by atoms with Crippen LogP contribution in [0.2, 0.25) is 0 Å². The highest BCUT2D eigenvalue weighted by atomic mass is 16.5. The molecule has 1 aliphatic heterocycles. The molecule has 6 heteroatoms. The van der Waals surface area contributed by atoms with Crippen molar-refractivity contribution in [3.8, 4) is 5.75 Å². The number of nitrogens with one attached hydrogen (secondary N) is 1. The van der Waals surface area contributed by atoms with Crippen molar-refractivity contribution in [1.29, 1.82) is 0 Å². The van der Waals surface area contributed by atoms with E-state index in [0.29, 0.717) is 24.4 Å². The van der Waals surface area contributed by atoms with Crippen molar-refractivity contribution in [2.75, 3.05) is 38.2 Å². The van der Waals surface area contributed by atoms with Gasteiger partial charge in [-0.15, -0.1) is 0 Å². The Hall–Kier alpha value is -3.64. The highest BCUT2D eigenvalue weighted by Crippen LogP contribution is 2.24. The minimum absolute atomic E-state index is 0.00412. The van der Waals surface area contributed by atoms with Crippen molar-refractivity contribution in [3.63, 3.8) is 0 Å². The Balaban J connectivity index is 1.51. The predicted molar refractivity (Wildman–Crippen MR) is 144 cm³/mol. The molecule has 3 aromatic rings. The SMILES string of the molecule is COc1cccc(C(=O)N(Cc2ccc(C)cc2)c2cccc(CC(=O)NCCN3CCCC3)c2)c1. The summed E-state index contributed by atoms with van der Waals surface area (Å²) in [5.41, 5.74) is 4.37. The first kappa shape index (κ1) is 25.5. The first-order valence-electron chi connectivity index (χ1n) is 12.6. The number of anilines is 1. The summed E-state index contributed by atoms with van der Waals surface area (Å²) < 4.78 is 5.33. The molecule has 1 saturated heterocycles. The lowest BCUT2D eigenvalue weighted by atomic mass is 10.1. The summed E-state index contributed by atoms with van der Waals surface area (Å²) >= 11 is 0. The van der Waals surface area contributed by atoms with E-state index >= 15 is 0 Å². The van der Waals surface area contributed by atoms with Gasteiger partial charge in [0.15, 0.2) is 0 Å². The molecule has 0 bridgehead atoms. The van der Waals surface area contributed by atoms with Crippen LogP contribution < -0.4 is 15.0 Å².